The molecule has 0 saturated heterocycles. The zero-order valence-corrected chi connectivity index (χ0v) is 14.7. The zero-order chi connectivity index (χ0) is 18.7. The Hall–Kier alpha value is -2.70. The highest BCUT2D eigenvalue weighted by atomic mass is 16.5. The number of benzene rings is 1. The van der Waals surface area contributed by atoms with E-state index in [0.717, 1.165) is 24.2 Å². The molecule has 26 heavy (non-hydrogen) atoms. The van der Waals surface area contributed by atoms with Gasteiger partial charge in [-0.15, -0.1) is 0 Å². The maximum atomic E-state index is 12.0. The van der Waals surface area contributed by atoms with Gasteiger partial charge >= 0.3 is 5.97 Å². The molecule has 1 saturated carbocycles. The Balaban J connectivity index is 1.51. The van der Waals surface area contributed by atoms with Gasteiger partial charge in [-0.2, -0.15) is 0 Å². The lowest BCUT2D eigenvalue weighted by molar-refractivity contribution is -0.147. The standard InChI is InChI=1S/C19H22N2O5/c1-12-6-2-4-8-14(12)20-16(22)11-26-17(23)10-21-15-9-5-3-7-13(15)18(24)19(21)25/h3,5,7,9,12,14H,2,4,6,8,10-11H2,1H3,(H,20,22)/t12-,14-/m0/s1. The Morgan fingerprint density at radius 3 is 2.69 bits per heavy atom. The number of fused-ring (bicyclic) bond motifs is 1. The van der Waals surface area contributed by atoms with Crippen LogP contribution in [0.2, 0.25) is 0 Å². The van der Waals surface area contributed by atoms with Crippen LogP contribution in [0, 0.1) is 5.92 Å². The molecule has 1 aliphatic carbocycles. The summed E-state index contributed by atoms with van der Waals surface area (Å²) in [6.07, 6.45) is 4.27. The molecule has 1 fully saturated rings. The highest BCUT2D eigenvalue weighted by Gasteiger charge is 2.36. The van der Waals surface area contributed by atoms with Crippen LogP contribution in [0.3, 0.4) is 0 Å². The summed E-state index contributed by atoms with van der Waals surface area (Å²) in [6.45, 7) is 1.32. The molecule has 1 aliphatic heterocycles. The van der Waals surface area contributed by atoms with Crippen molar-refractivity contribution in [3.05, 3.63) is 29.8 Å². The van der Waals surface area contributed by atoms with Crippen LogP contribution in [0.5, 0.6) is 0 Å². The van der Waals surface area contributed by atoms with Gasteiger partial charge in [0.1, 0.15) is 6.54 Å². The SMILES string of the molecule is C[C@H]1CCCC[C@@H]1NC(=O)COC(=O)CN1C(=O)C(=O)c2ccccc21. The summed E-state index contributed by atoms with van der Waals surface area (Å²) >= 11 is 0. The lowest BCUT2D eigenvalue weighted by Crippen LogP contribution is -2.43. The molecule has 7 heteroatoms. The van der Waals surface area contributed by atoms with Crippen molar-refractivity contribution in [1.82, 2.24) is 5.32 Å². The topological polar surface area (TPSA) is 92.8 Å². The summed E-state index contributed by atoms with van der Waals surface area (Å²) in [6, 6.07) is 6.59. The Morgan fingerprint density at radius 2 is 1.92 bits per heavy atom. The summed E-state index contributed by atoms with van der Waals surface area (Å²) < 4.78 is 4.98. The first-order valence-corrected chi connectivity index (χ1v) is 8.87. The molecule has 0 aromatic heterocycles. The van der Waals surface area contributed by atoms with Crippen LogP contribution in [0.4, 0.5) is 5.69 Å². The normalized spacial score (nSPS) is 22.1. The number of nitrogens with one attached hydrogen (secondary N) is 1. The molecule has 0 bridgehead atoms. The van der Waals surface area contributed by atoms with Gasteiger partial charge in [0.05, 0.1) is 11.3 Å². The molecule has 0 unspecified atom stereocenters. The minimum atomic E-state index is -0.761. The van der Waals surface area contributed by atoms with Crippen molar-refractivity contribution in [3.8, 4) is 0 Å². The summed E-state index contributed by atoms with van der Waals surface area (Å²) in [7, 11) is 0. The summed E-state index contributed by atoms with van der Waals surface area (Å²) in [4.78, 5) is 49.0. The maximum Gasteiger partial charge on any atom is 0.326 e. The molecular formula is C19H22N2O5. The molecule has 2 atom stereocenters. The van der Waals surface area contributed by atoms with Crippen LogP contribution >= 0.6 is 0 Å². The van der Waals surface area contributed by atoms with E-state index in [9.17, 15) is 19.2 Å². The number of nitrogens with zero attached hydrogens (tertiary/aromatic N) is 1. The number of ether oxygens (including phenoxy) is 1. The van der Waals surface area contributed by atoms with E-state index in [0.29, 0.717) is 11.6 Å². The lowest BCUT2D eigenvalue weighted by Gasteiger charge is -2.29. The van der Waals surface area contributed by atoms with Gasteiger partial charge in [0, 0.05) is 6.04 Å². The van der Waals surface area contributed by atoms with E-state index in [4.69, 9.17) is 4.74 Å². The molecule has 0 radical (unpaired) electrons. The van der Waals surface area contributed by atoms with E-state index in [1.54, 1.807) is 24.3 Å². The number of hydrogen-bond acceptors (Lipinski definition) is 5. The average Bonchev–Trinajstić information content (AvgIpc) is 2.87. The highest BCUT2D eigenvalue weighted by molar-refractivity contribution is 6.52. The molecule has 7 nitrogen and oxygen atoms in total. The molecule has 2 aliphatic rings. The predicted molar refractivity (Wildman–Crippen MR) is 93.6 cm³/mol. The van der Waals surface area contributed by atoms with Crippen molar-refractivity contribution in [2.24, 2.45) is 5.92 Å². The van der Waals surface area contributed by atoms with Crippen LogP contribution in [0.25, 0.3) is 0 Å². The molecular weight excluding hydrogens is 336 g/mol. The van der Waals surface area contributed by atoms with E-state index in [2.05, 4.69) is 12.2 Å². The zero-order valence-electron chi connectivity index (χ0n) is 14.7. The van der Waals surface area contributed by atoms with Gasteiger partial charge in [-0.3, -0.25) is 24.1 Å². The van der Waals surface area contributed by atoms with Crippen molar-refractivity contribution in [3.63, 3.8) is 0 Å². The van der Waals surface area contributed by atoms with Gasteiger partial charge in [0.25, 0.3) is 17.6 Å². The minimum absolute atomic E-state index is 0.111. The number of Topliss-reactive ketones (excluding diaryl/α,β-unsaturated/α-hetero) is 1. The first-order valence-electron chi connectivity index (χ1n) is 8.87. The monoisotopic (exact) mass is 358 g/mol. The second-order valence-electron chi connectivity index (χ2n) is 6.83. The molecule has 1 aromatic rings. The van der Waals surface area contributed by atoms with Crippen LogP contribution < -0.4 is 10.2 Å². The Bertz CT molecular complexity index is 745. The smallest absolute Gasteiger partial charge is 0.326 e. The number of anilines is 1. The van der Waals surface area contributed by atoms with Crippen LogP contribution in [0.1, 0.15) is 43.0 Å². The number of esters is 1. The molecule has 1 heterocycles. The number of para-hydroxylation sites is 1. The fraction of sp³-hybridized carbons (Fsp3) is 0.474. The molecule has 138 valence electrons. The Morgan fingerprint density at radius 1 is 1.19 bits per heavy atom. The summed E-state index contributed by atoms with van der Waals surface area (Å²) in [5.74, 6) is -2.06. The van der Waals surface area contributed by atoms with Gasteiger partial charge in [0.2, 0.25) is 0 Å². The quantitative estimate of drug-likeness (QED) is 0.635. The van der Waals surface area contributed by atoms with Crippen molar-refractivity contribution in [2.45, 2.75) is 38.6 Å². The first kappa shape index (κ1) is 18.1. The van der Waals surface area contributed by atoms with Crippen molar-refractivity contribution >= 4 is 29.3 Å². The number of amides is 2. The van der Waals surface area contributed by atoms with Gasteiger partial charge in [-0.1, -0.05) is 31.9 Å². The van der Waals surface area contributed by atoms with E-state index in [1.165, 1.54) is 6.42 Å². The van der Waals surface area contributed by atoms with Crippen LogP contribution in [-0.2, 0) is 19.1 Å². The highest BCUT2D eigenvalue weighted by Crippen LogP contribution is 2.28. The average molecular weight is 358 g/mol. The van der Waals surface area contributed by atoms with E-state index in [1.807, 2.05) is 0 Å². The second-order valence-corrected chi connectivity index (χ2v) is 6.83. The molecule has 2 amide bonds. The third-order valence-electron chi connectivity index (χ3n) is 4.99. The fourth-order valence-electron chi connectivity index (χ4n) is 3.51. The lowest BCUT2D eigenvalue weighted by atomic mass is 9.86. The summed E-state index contributed by atoms with van der Waals surface area (Å²) in [5.41, 5.74) is 0.661. The second kappa shape index (κ2) is 7.68. The first-order chi connectivity index (χ1) is 12.5. The van der Waals surface area contributed by atoms with Crippen molar-refractivity contribution in [2.75, 3.05) is 18.1 Å². The van der Waals surface area contributed by atoms with Crippen LogP contribution in [0.15, 0.2) is 24.3 Å². The molecule has 0 spiro atoms. The third kappa shape index (κ3) is 3.76. The van der Waals surface area contributed by atoms with Gasteiger partial charge < -0.3 is 10.1 Å². The Kier molecular flexibility index (Phi) is 5.35. The summed E-state index contributed by atoms with van der Waals surface area (Å²) in [5, 5.41) is 2.90. The van der Waals surface area contributed by atoms with Gasteiger partial charge in [0.15, 0.2) is 6.61 Å². The third-order valence-corrected chi connectivity index (χ3v) is 4.99. The van der Waals surface area contributed by atoms with E-state index in [-0.39, 0.29) is 24.1 Å². The maximum absolute atomic E-state index is 12.0. The minimum Gasteiger partial charge on any atom is -0.454 e. The van der Waals surface area contributed by atoms with Gasteiger partial charge in [-0.25, -0.2) is 0 Å². The largest absolute Gasteiger partial charge is 0.454 e. The van der Waals surface area contributed by atoms with Crippen molar-refractivity contribution < 1.29 is 23.9 Å². The molecule has 1 aromatic carbocycles. The van der Waals surface area contributed by atoms with Crippen LogP contribution in [-0.4, -0.2) is 42.8 Å². The fourth-order valence-corrected chi connectivity index (χ4v) is 3.51. The molecule has 1 N–H and O–H groups in total. The predicted octanol–water partition coefficient (Wildman–Crippen LogP) is 1.45. The Labute approximate surface area is 151 Å². The number of rotatable bonds is 5. The molecule has 3 rings (SSSR count). The number of hydrogen-bond donors (Lipinski definition) is 1. The number of carbonyl (C=O) groups excluding carboxylic acids is 4. The van der Waals surface area contributed by atoms with E-state index >= 15 is 0 Å². The number of carbonyl (C=O) groups is 4. The van der Waals surface area contributed by atoms with Crippen molar-refractivity contribution in [1.29, 1.82) is 0 Å². The van der Waals surface area contributed by atoms with E-state index < -0.39 is 24.2 Å². The number of ketones is 1. The van der Waals surface area contributed by atoms with Gasteiger partial charge in [-0.05, 0) is 30.9 Å².